The Bertz CT molecular complexity index is 318. The Morgan fingerprint density at radius 2 is 1.72 bits per heavy atom. The van der Waals surface area contributed by atoms with Crippen molar-refractivity contribution in [2.24, 2.45) is 0 Å². The van der Waals surface area contributed by atoms with Gasteiger partial charge in [-0.1, -0.05) is 19.4 Å². The molecule has 18 heavy (non-hydrogen) atoms. The summed E-state index contributed by atoms with van der Waals surface area (Å²) >= 11 is 0. The molecule has 0 saturated carbocycles. The molecule has 1 aromatic carbocycles. The van der Waals surface area contributed by atoms with Gasteiger partial charge in [0.25, 0.3) is 0 Å². The van der Waals surface area contributed by atoms with E-state index in [1.54, 1.807) is 6.07 Å². The van der Waals surface area contributed by atoms with E-state index < -0.39 is 0 Å². The standard InChI is InChI=1S/C14H23NO3/c1-2-3-7-16-8-9-17-10-11-18-14-6-4-5-13(15)12-14/h4-6,12H,2-3,7-11,15H2,1H3. The molecule has 102 valence electrons. The molecule has 0 unspecified atom stereocenters. The van der Waals surface area contributed by atoms with Crippen molar-refractivity contribution in [3.63, 3.8) is 0 Å². The van der Waals surface area contributed by atoms with Gasteiger partial charge in [0, 0.05) is 18.4 Å². The zero-order chi connectivity index (χ0) is 13.1. The summed E-state index contributed by atoms with van der Waals surface area (Å²) in [7, 11) is 0. The number of nitrogen functional groups attached to an aromatic ring is 1. The summed E-state index contributed by atoms with van der Waals surface area (Å²) in [6.07, 6.45) is 2.27. The number of hydrogen-bond donors (Lipinski definition) is 1. The monoisotopic (exact) mass is 253 g/mol. The average molecular weight is 253 g/mol. The number of hydrogen-bond acceptors (Lipinski definition) is 4. The fourth-order valence-electron chi connectivity index (χ4n) is 1.39. The lowest BCUT2D eigenvalue weighted by Crippen LogP contribution is -2.11. The summed E-state index contributed by atoms with van der Waals surface area (Å²) in [5.74, 6) is 0.776. The van der Waals surface area contributed by atoms with Crippen molar-refractivity contribution in [2.75, 3.05) is 38.8 Å². The third-order valence-corrected chi connectivity index (χ3v) is 2.37. The normalized spacial score (nSPS) is 10.5. The van der Waals surface area contributed by atoms with E-state index >= 15 is 0 Å². The van der Waals surface area contributed by atoms with Gasteiger partial charge in [0.15, 0.2) is 0 Å². The summed E-state index contributed by atoms with van der Waals surface area (Å²) in [4.78, 5) is 0. The number of anilines is 1. The molecule has 0 aliphatic rings. The van der Waals surface area contributed by atoms with Gasteiger partial charge in [-0.25, -0.2) is 0 Å². The minimum absolute atomic E-state index is 0.526. The molecule has 0 aliphatic heterocycles. The molecule has 0 aromatic heterocycles. The molecule has 0 atom stereocenters. The van der Waals surface area contributed by atoms with E-state index in [1.807, 2.05) is 18.2 Å². The molecule has 0 bridgehead atoms. The molecule has 1 rings (SSSR count). The second-order valence-electron chi connectivity index (χ2n) is 4.00. The van der Waals surface area contributed by atoms with Crippen LogP contribution in [0.4, 0.5) is 5.69 Å². The molecular formula is C14H23NO3. The van der Waals surface area contributed by atoms with E-state index in [1.165, 1.54) is 0 Å². The number of nitrogens with two attached hydrogens (primary N) is 1. The molecule has 0 heterocycles. The van der Waals surface area contributed by atoms with Crippen LogP contribution in [0.25, 0.3) is 0 Å². The zero-order valence-electron chi connectivity index (χ0n) is 11.1. The second-order valence-corrected chi connectivity index (χ2v) is 4.00. The maximum Gasteiger partial charge on any atom is 0.121 e. The Balaban J connectivity index is 1.92. The maximum absolute atomic E-state index is 5.64. The van der Waals surface area contributed by atoms with E-state index in [2.05, 4.69) is 6.92 Å². The fraction of sp³-hybridized carbons (Fsp3) is 0.571. The highest BCUT2D eigenvalue weighted by atomic mass is 16.5. The molecule has 4 nitrogen and oxygen atoms in total. The van der Waals surface area contributed by atoms with E-state index in [-0.39, 0.29) is 0 Å². The van der Waals surface area contributed by atoms with Crippen molar-refractivity contribution < 1.29 is 14.2 Å². The van der Waals surface area contributed by atoms with Crippen LogP contribution in [0.3, 0.4) is 0 Å². The Hall–Kier alpha value is -1.26. The molecule has 0 fully saturated rings. The number of ether oxygens (including phenoxy) is 3. The number of rotatable bonds is 10. The quantitative estimate of drug-likeness (QED) is 0.514. The highest BCUT2D eigenvalue weighted by molar-refractivity contribution is 5.43. The van der Waals surface area contributed by atoms with Crippen LogP contribution in [-0.4, -0.2) is 33.0 Å². The number of unbranched alkanes of at least 4 members (excludes halogenated alkanes) is 1. The summed E-state index contributed by atoms with van der Waals surface area (Å²) < 4.78 is 16.2. The first-order chi connectivity index (χ1) is 8.83. The molecule has 2 N–H and O–H groups in total. The van der Waals surface area contributed by atoms with E-state index in [4.69, 9.17) is 19.9 Å². The first-order valence-corrected chi connectivity index (χ1v) is 6.46. The average Bonchev–Trinajstić information content (AvgIpc) is 2.37. The van der Waals surface area contributed by atoms with Crippen molar-refractivity contribution in [3.05, 3.63) is 24.3 Å². The highest BCUT2D eigenvalue weighted by Crippen LogP contribution is 2.13. The van der Waals surface area contributed by atoms with E-state index in [9.17, 15) is 0 Å². The van der Waals surface area contributed by atoms with Crippen LogP contribution >= 0.6 is 0 Å². The number of benzene rings is 1. The van der Waals surface area contributed by atoms with Gasteiger partial charge < -0.3 is 19.9 Å². The zero-order valence-corrected chi connectivity index (χ0v) is 11.1. The molecule has 0 aliphatic carbocycles. The summed E-state index contributed by atoms with van der Waals surface area (Å²) in [6.45, 7) is 5.32. The van der Waals surface area contributed by atoms with Crippen LogP contribution in [0.15, 0.2) is 24.3 Å². The minimum atomic E-state index is 0.526. The summed E-state index contributed by atoms with van der Waals surface area (Å²) in [6, 6.07) is 7.38. The van der Waals surface area contributed by atoms with Crippen LogP contribution in [0, 0.1) is 0 Å². The maximum atomic E-state index is 5.64. The summed E-state index contributed by atoms with van der Waals surface area (Å²) in [5.41, 5.74) is 6.35. The third-order valence-electron chi connectivity index (χ3n) is 2.37. The Morgan fingerprint density at radius 3 is 2.44 bits per heavy atom. The predicted molar refractivity (Wildman–Crippen MR) is 72.9 cm³/mol. The van der Waals surface area contributed by atoms with Gasteiger partial charge in [0.2, 0.25) is 0 Å². The molecule has 0 radical (unpaired) electrons. The van der Waals surface area contributed by atoms with Gasteiger partial charge >= 0.3 is 0 Å². The van der Waals surface area contributed by atoms with Crippen molar-refractivity contribution in [1.82, 2.24) is 0 Å². The van der Waals surface area contributed by atoms with E-state index in [0.29, 0.717) is 32.1 Å². The fourth-order valence-corrected chi connectivity index (χ4v) is 1.39. The van der Waals surface area contributed by atoms with Gasteiger partial charge in [-0.05, 0) is 18.6 Å². The van der Waals surface area contributed by atoms with Gasteiger partial charge in [-0.3, -0.25) is 0 Å². The Kier molecular flexibility index (Phi) is 8.01. The van der Waals surface area contributed by atoms with Crippen LogP contribution in [0.1, 0.15) is 19.8 Å². The highest BCUT2D eigenvalue weighted by Gasteiger charge is 1.94. The van der Waals surface area contributed by atoms with Crippen LogP contribution in [0.5, 0.6) is 5.75 Å². The smallest absolute Gasteiger partial charge is 0.121 e. The molecule has 0 spiro atoms. The Labute approximate surface area is 109 Å². The van der Waals surface area contributed by atoms with Crippen molar-refractivity contribution >= 4 is 5.69 Å². The van der Waals surface area contributed by atoms with Crippen molar-refractivity contribution in [1.29, 1.82) is 0 Å². The molecule has 0 amide bonds. The van der Waals surface area contributed by atoms with Gasteiger partial charge in [0.05, 0.1) is 19.8 Å². The molecule has 1 aromatic rings. The predicted octanol–water partition coefficient (Wildman–Crippen LogP) is 2.48. The topological polar surface area (TPSA) is 53.7 Å². The van der Waals surface area contributed by atoms with Crippen LogP contribution in [-0.2, 0) is 9.47 Å². The summed E-state index contributed by atoms with van der Waals surface area (Å²) in [5, 5.41) is 0. The SMILES string of the molecule is CCCCOCCOCCOc1cccc(N)c1. The lowest BCUT2D eigenvalue weighted by atomic mass is 10.3. The third kappa shape index (κ3) is 7.14. The van der Waals surface area contributed by atoms with Crippen LogP contribution in [0.2, 0.25) is 0 Å². The lowest BCUT2D eigenvalue weighted by molar-refractivity contribution is 0.0356. The first-order valence-electron chi connectivity index (χ1n) is 6.46. The van der Waals surface area contributed by atoms with Crippen molar-refractivity contribution in [2.45, 2.75) is 19.8 Å². The lowest BCUT2D eigenvalue weighted by Gasteiger charge is -2.08. The minimum Gasteiger partial charge on any atom is -0.491 e. The van der Waals surface area contributed by atoms with E-state index in [0.717, 1.165) is 25.2 Å². The van der Waals surface area contributed by atoms with Gasteiger partial charge in [-0.15, -0.1) is 0 Å². The van der Waals surface area contributed by atoms with Crippen molar-refractivity contribution in [3.8, 4) is 5.75 Å². The molecule has 0 saturated heterocycles. The Morgan fingerprint density at radius 1 is 1.00 bits per heavy atom. The van der Waals surface area contributed by atoms with Gasteiger partial charge in [-0.2, -0.15) is 0 Å². The molecular weight excluding hydrogens is 230 g/mol. The van der Waals surface area contributed by atoms with Gasteiger partial charge in [0.1, 0.15) is 12.4 Å². The first kappa shape index (κ1) is 14.8. The molecule has 4 heteroatoms. The second kappa shape index (κ2) is 9.74. The van der Waals surface area contributed by atoms with Crippen LogP contribution < -0.4 is 10.5 Å². The largest absolute Gasteiger partial charge is 0.491 e.